The summed E-state index contributed by atoms with van der Waals surface area (Å²) in [6.45, 7) is 3.89. The smallest absolute Gasteiger partial charge is 0.314 e. The molecular weight excluding hydrogens is 404 g/mol. The molecule has 0 spiro atoms. The Morgan fingerprint density at radius 3 is 1.61 bits per heavy atom. The summed E-state index contributed by atoms with van der Waals surface area (Å²) in [7, 11) is 0. The van der Waals surface area contributed by atoms with Crippen molar-refractivity contribution in [2.45, 2.75) is 25.2 Å². The van der Waals surface area contributed by atoms with Crippen LogP contribution in [0.1, 0.15) is 35.1 Å². The molecular formula is C31H26O2. The molecule has 0 radical (unpaired) electrons. The second kappa shape index (κ2) is 8.22. The second-order valence-corrected chi connectivity index (χ2v) is 8.94. The first-order valence-corrected chi connectivity index (χ1v) is 11.3. The van der Waals surface area contributed by atoms with Crippen LogP contribution in [-0.4, -0.2) is 11.1 Å². The number of hydrogen-bond donors (Lipinski definition) is 1. The van der Waals surface area contributed by atoms with Crippen LogP contribution in [0.2, 0.25) is 0 Å². The average molecular weight is 431 g/mol. The Morgan fingerprint density at radius 1 is 0.667 bits per heavy atom. The van der Waals surface area contributed by atoms with Crippen LogP contribution in [0.25, 0.3) is 21.5 Å². The van der Waals surface area contributed by atoms with Crippen molar-refractivity contribution in [1.29, 1.82) is 0 Å². The molecule has 0 saturated carbocycles. The number of carboxylic acid groups (broad SMARTS) is 1. The molecule has 5 aromatic carbocycles. The minimum atomic E-state index is -1.18. The average Bonchev–Trinajstić information content (AvgIpc) is 2.84. The van der Waals surface area contributed by atoms with Crippen LogP contribution in [0.15, 0.2) is 109 Å². The molecule has 0 aliphatic rings. The summed E-state index contributed by atoms with van der Waals surface area (Å²) in [5.41, 5.74) is 2.77. The number of carboxylic acids is 1. The summed E-state index contributed by atoms with van der Waals surface area (Å²) in [6, 6.07) is 36.8. The van der Waals surface area contributed by atoms with Crippen LogP contribution >= 0.6 is 0 Å². The van der Waals surface area contributed by atoms with Crippen LogP contribution in [-0.2, 0) is 10.2 Å². The van der Waals surface area contributed by atoms with Crippen LogP contribution in [0.4, 0.5) is 0 Å². The van der Waals surface area contributed by atoms with Gasteiger partial charge in [0, 0.05) is 5.92 Å². The quantitative estimate of drug-likeness (QED) is 0.314. The molecule has 0 aromatic heterocycles. The van der Waals surface area contributed by atoms with E-state index in [4.69, 9.17) is 0 Å². The van der Waals surface area contributed by atoms with Gasteiger partial charge in [-0.2, -0.15) is 0 Å². The van der Waals surface area contributed by atoms with Crippen LogP contribution in [0.3, 0.4) is 0 Å². The van der Waals surface area contributed by atoms with E-state index in [1.54, 1.807) is 0 Å². The number of benzene rings is 5. The third-order valence-corrected chi connectivity index (χ3v) is 6.94. The van der Waals surface area contributed by atoms with Gasteiger partial charge in [0.1, 0.15) is 5.41 Å². The molecule has 0 aliphatic carbocycles. The third kappa shape index (κ3) is 3.48. The van der Waals surface area contributed by atoms with Crippen molar-refractivity contribution >= 4 is 27.5 Å². The van der Waals surface area contributed by atoms with E-state index in [0.29, 0.717) is 0 Å². The lowest BCUT2D eigenvalue weighted by molar-refractivity contribution is -0.143. The van der Waals surface area contributed by atoms with Gasteiger partial charge in [0.15, 0.2) is 0 Å². The lowest BCUT2D eigenvalue weighted by Crippen LogP contribution is -2.39. The van der Waals surface area contributed by atoms with Crippen molar-refractivity contribution in [3.63, 3.8) is 0 Å². The highest BCUT2D eigenvalue weighted by Gasteiger charge is 2.45. The monoisotopic (exact) mass is 430 g/mol. The van der Waals surface area contributed by atoms with Gasteiger partial charge in [-0.1, -0.05) is 115 Å². The predicted octanol–water partition coefficient (Wildman–Crippen LogP) is 7.48. The Morgan fingerprint density at radius 2 is 1.12 bits per heavy atom. The normalized spacial score (nSPS) is 13.3. The molecule has 0 unspecified atom stereocenters. The largest absolute Gasteiger partial charge is 0.481 e. The van der Waals surface area contributed by atoms with E-state index in [-0.39, 0.29) is 0 Å². The standard InChI is InChI=1S/C31H26O2/c1-21-17-19-24(20-18-21)31(2,30(32)33)29(27-15-7-11-22-9-3-5-13-25(22)27)28-16-8-12-23-10-4-6-14-26(23)28/h3-20,29H,1-2H3,(H,32,33)/t31-/m0/s1. The highest BCUT2D eigenvalue weighted by Crippen LogP contribution is 2.47. The van der Waals surface area contributed by atoms with Crippen molar-refractivity contribution in [3.8, 4) is 0 Å². The van der Waals surface area contributed by atoms with Gasteiger partial charge in [-0.05, 0) is 52.1 Å². The molecule has 0 bridgehead atoms. The van der Waals surface area contributed by atoms with Gasteiger partial charge >= 0.3 is 5.97 Å². The molecule has 33 heavy (non-hydrogen) atoms. The fourth-order valence-corrected chi connectivity index (χ4v) is 5.11. The first-order valence-electron chi connectivity index (χ1n) is 11.3. The zero-order valence-corrected chi connectivity index (χ0v) is 18.8. The number of aliphatic carboxylic acids is 1. The highest BCUT2D eigenvalue weighted by atomic mass is 16.4. The topological polar surface area (TPSA) is 37.3 Å². The zero-order valence-electron chi connectivity index (χ0n) is 18.8. The van der Waals surface area contributed by atoms with E-state index in [0.717, 1.165) is 43.8 Å². The third-order valence-electron chi connectivity index (χ3n) is 6.94. The number of hydrogen-bond acceptors (Lipinski definition) is 1. The molecule has 2 heteroatoms. The SMILES string of the molecule is Cc1ccc([C@](C)(C(=O)O)C(c2cccc3ccccc23)c2cccc3ccccc23)cc1. The Balaban J connectivity index is 1.90. The van der Waals surface area contributed by atoms with Crippen LogP contribution in [0, 0.1) is 6.92 Å². The van der Waals surface area contributed by atoms with Gasteiger partial charge in [0.2, 0.25) is 0 Å². The number of aryl methyl sites for hydroxylation is 1. The lowest BCUT2D eigenvalue weighted by atomic mass is 9.64. The maximum atomic E-state index is 13.2. The Kier molecular flexibility index (Phi) is 5.22. The van der Waals surface area contributed by atoms with Gasteiger partial charge in [-0.3, -0.25) is 4.79 Å². The van der Waals surface area contributed by atoms with Crippen LogP contribution < -0.4 is 0 Å². The molecule has 162 valence electrons. The molecule has 0 fully saturated rings. The highest BCUT2D eigenvalue weighted by molar-refractivity contribution is 5.94. The fourth-order valence-electron chi connectivity index (χ4n) is 5.11. The Hall–Kier alpha value is -3.91. The van der Waals surface area contributed by atoms with Crippen LogP contribution in [0.5, 0.6) is 0 Å². The van der Waals surface area contributed by atoms with E-state index in [1.165, 1.54) is 0 Å². The molecule has 1 N–H and O–H groups in total. The van der Waals surface area contributed by atoms with Crippen molar-refractivity contribution in [2.24, 2.45) is 0 Å². The van der Waals surface area contributed by atoms with Crippen molar-refractivity contribution in [2.75, 3.05) is 0 Å². The van der Waals surface area contributed by atoms with E-state index in [9.17, 15) is 9.90 Å². The summed E-state index contributed by atoms with van der Waals surface area (Å²) in [4.78, 5) is 13.2. The molecule has 5 aromatic rings. The predicted molar refractivity (Wildman–Crippen MR) is 136 cm³/mol. The summed E-state index contributed by atoms with van der Waals surface area (Å²) < 4.78 is 0. The minimum absolute atomic E-state index is 0.394. The van der Waals surface area contributed by atoms with Gasteiger partial charge in [-0.15, -0.1) is 0 Å². The molecule has 2 nitrogen and oxygen atoms in total. The fraction of sp³-hybridized carbons (Fsp3) is 0.129. The van der Waals surface area contributed by atoms with Crippen molar-refractivity contribution < 1.29 is 9.90 Å². The summed E-state index contributed by atoms with van der Waals surface area (Å²) in [5, 5.41) is 15.2. The Labute approximate surface area is 194 Å². The van der Waals surface area contributed by atoms with Gasteiger partial charge in [0.25, 0.3) is 0 Å². The lowest BCUT2D eigenvalue weighted by Gasteiger charge is -2.36. The molecule has 0 aliphatic heterocycles. The zero-order chi connectivity index (χ0) is 23.0. The first-order chi connectivity index (χ1) is 16.0. The summed E-state index contributed by atoms with van der Waals surface area (Å²) >= 11 is 0. The maximum absolute atomic E-state index is 13.2. The van der Waals surface area contributed by atoms with Gasteiger partial charge < -0.3 is 5.11 Å². The van der Waals surface area contributed by atoms with E-state index in [1.807, 2.05) is 74.5 Å². The molecule has 0 saturated heterocycles. The molecule has 0 amide bonds. The van der Waals surface area contributed by atoms with Crippen molar-refractivity contribution in [1.82, 2.24) is 0 Å². The van der Waals surface area contributed by atoms with E-state index in [2.05, 4.69) is 48.5 Å². The van der Waals surface area contributed by atoms with E-state index >= 15 is 0 Å². The molecule has 0 heterocycles. The molecule has 5 rings (SSSR count). The van der Waals surface area contributed by atoms with E-state index < -0.39 is 17.3 Å². The van der Waals surface area contributed by atoms with Gasteiger partial charge in [0.05, 0.1) is 0 Å². The first kappa shape index (κ1) is 21.0. The number of carbonyl (C=O) groups is 1. The summed E-state index contributed by atoms with van der Waals surface area (Å²) in [5.74, 6) is -1.23. The Bertz CT molecular complexity index is 1380. The number of fused-ring (bicyclic) bond motifs is 2. The molecule has 1 atom stereocenters. The maximum Gasteiger partial charge on any atom is 0.314 e. The van der Waals surface area contributed by atoms with Crippen molar-refractivity contribution in [3.05, 3.63) is 131 Å². The second-order valence-electron chi connectivity index (χ2n) is 8.94. The summed E-state index contributed by atoms with van der Waals surface area (Å²) in [6.07, 6.45) is 0. The number of rotatable bonds is 5. The minimum Gasteiger partial charge on any atom is -0.481 e. The van der Waals surface area contributed by atoms with Gasteiger partial charge in [-0.25, -0.2) is 0 Å².